The lowest BCUT2D eigenvalue weighted by Crippen LogP contribution is -2.42. The van der Waals surface area contributed by atoms with E-state index in [-0.39, 0.29) is 18.3 Å². The second kappa shape index (κ2) is 6.20. The minimum absolute atomic E-state index is 0.197. The molecule has 1 aliphatic heterocycles. The number of H-pyrrole nitrogens is 1. The highest BCUT2D eigenvalue weighted by atomic mass is 19.1. The zero-order valence-corrected chi connectivity index (χ0v) is 12.3. The summed E-state index contributed by atoms with van der Waals surface area (Å²) >= 11 is 0. The van der Waals surface area contributed by atoms with Crippen LogP contribution in [0.15, 0.2) is 30.5 Å². The number of amides is 1. The number of aromatic amines is 1. The number of aromatic nitrogens is 2. The first kappa shape index (κ1) is 15.2. The molecule has 1 aliphatic rings. The fourth-order valence-corrected chi connectivity index (χ4v) is 2.82. The van der Waals surface area contributed by atoms with E-state index in [0.29, 0.717) is 36.2 Å². The van der Waals surface area contributed by atoms with Crippen molar-refractivity contribution in [2.45, 2.75) is 12.8 Å². The van der Waals surface area contributed by atoms with Crippen LogP contribution >= 0.6 is 0 Å². The topological polar surface area (TPSA) is 86.3 Å². The predicted octanol–water partition coefficient (Wildman–Crippen LogP) is 2.15. The smallest absolute Gasteiger partial charge is 0.308 e. The van der Waals surface area contributed by atoms with Crippen molar-refractivity contribution in [1.82, 2.24) is 15.1 Å². The van der Waals surface area contributed by atoms with E-state index < -0.39 is 11.9 Å². The number of piperidine rings is 1. The van der Waals surface area contributed by atoms with E-state index in [4.69, 9.17) is 5.11 Å². The van der Waals surface area contributed by atoms with E-state index in [1.54, 1.807) is 17.0 Å². The highest BCUT2D eigenvalue weighted by Crippen LogP contribution is 2.25. The van der Waals surface area contributed by atoms with Crippen molar-refractivity contribution in [2.24, 2.45) is 5.92 Å². The van der Waals surface area contributed by atoms with Gasteiger partial charge in [0.05, 0.1) is 23.4 Å². The van der Waals surface area contributed by atoms with E-state index in [9.17, 15) is 14.0 Å². The predicted molar refractivity (Wildman–Crippen MR) is 80.2 cm³/mol. The number of nitrogens with one attached hydrogen (secondary N) is 1. The molecule has 6 nitrogen and oxygen atoms in total. The molecule has 2 aromatic rings. The van der Waals surface area contributed by atoms with Gasteiger partial charge < -0.3 is 10.0 Å². The zero-order valence-electron chi connectivity index (χ0n) is 12.3. The van der Waals surface area contributed by atoms with Crippen molar-refractivity contribution in [1.29, 1.82) is 0 Å². The Morgan fingerprint density at radius 1 is 1.30 bits per heavy atom. The van der Waals surface area contributed by atoms with Crippen LogP contribution in [0.1, 0.15) is 23.2 Å². The average Bonchev–Trinajstić information content (AvgIpc) is 3.04. The summed E-state index contributed by atoms with van der Waals surface area (Å²) in [5, 5.41) is 15.8. The summed E-state index contributed by atoms with van der Waals surface area (Å²) in [7, 11) is 0. The number of halogens is 1. The Morgan fingerprint density at radius 3 is 2.74 bits per heavy atom. The van der Waals surface area contributed by atoms with Crippen molar-refractivity contribution in [2.75, 3.05) is 13.1 Å². The lowest BCUT2D eigenvalue weighted by atomic mass is 9.97. The molecule has 0 bridgehead atoms. The van der Waals surface area contributed by atoms with Crippen LogP contribution in [0.3, 0.4) is 0 Å². The second-order valence-corrected chi connectivity index (χ2v) is 5.59. The van der Waals surface area contributed by atoms with Crippen molar-refractivity contribution >= 4 is 11.9 Å². The van der Waals surface area contributed by atoms with Gasteiger partial charge in [0, 0.05) is 18.7 Å². The minimum atomic E-state index is -0.881. The Labute approximate surface area is 131 Å². The fraction of sp³-hybridized carbons (Fsp3) is 0.312. The van der Waals surface area contributed by atoms with Gasteiger partial charge in [-0.25, -0.2) is 4.39 Å². The molecular weight excluding hydrogens is 301 g/mol. The number of carbonyl (C=O) groups excluding carboxylic acids is 1. The van der Waals surface area contributed by atoms with E-state index in [2.05, 4.69) is 10.2 Å². The van der Waals surface area contributed by atoms with Crippen LogP contribution in [-0.2, 0) is 4.79 Å². The molecule has 0 radical (unpaired) electrons. The minimum Gasteiger partial charge on any atom is -0.481 e. The first-order valence-corrected chi connectivity index (χ1v) is 7.37. The van der Waals surface area contributed by atoms with E-state index in [1.165, 1.54) is 18.3 Å². The average molecular weight is 317 g/mol. The standard InChI is InChI=1S/C16H16FN3O3/c17-12-5-3-10(4-6-12)14-13(8-18-19-14)15(21)20-7-1-2-11(9-20)16(22)23/h3-6,8,11H,1-2,7,9H2,(H,18,19)(H,22,23)/t11-/m1/s1. The molecule has 120 valence electrons. The van der Waals surface area contributed by atoms with Gasteiger partial charge in [-0.1, -0.05) is 0 Å². The quantitative estimate of drug-likeness (QED) is 0.908. The Morgan fingerprint density at radius 2 is 2.04 bits per heavy atom. The van der Waals surface area contributed by atoms with E-state index in [0.717, 1.165) is 0 Å². The number of rotatable bonds is 3. The highest BCUT2D eigenvalue weighted by Gasteiger charge is 2.30. The molecule has 1 aromatic carbocycles. The molecule has 1 fully saturated rings. The molecule has 3 rings (SSSR count). The maximum atomic E-state index is 13.0. The largest absolute Gasteiger partial charge is 0.481 e. The molecule has 1 amide bonds. The summed E-state index contributed by atoms with van der Waals surface area (Å²) < 4.78 is 13.0. The third-order valence-electron chi connectivity index (χ3n) is 4.06. The summed E-state index contributed by atoms with van der Waals surface area (Å²) in [4.78, 5) is 25.4. The molecule has 0 saturated carbocycles. The van der Waals surface area contributed by atoms with Gasteiger partial charge in [-0.2, -0.15) is 5.10 Å². The SMILES string of the molecule is O=C(O)[C@@H]1CCCN(C(=O)c2cn[nH]c2-c2ccc(F)cc2)C1. The normalized spacial score (nSPS) is 18.0. The molecular formula is C16H16FN3O3. The number of carbonyl (C=O) groups is 2. The van der Waals surface area contributed by atoms with Crippen LogP contribution in [-0.4, -0.2) is 45.2 Å². The van der Waals surface area contributed by atoms with Crippen LogP contribution in [0.5, 0.6) is 0 Å². The molecule has 0 aliphatic carbocycles. The first-order chi connectivity index (χ1) is 11.1. The summed E-state index contributed by atoms with van der Waals surface area (Å²) in [6.07, 6.45) is 2.66. The molecule has 7 heteroatoms. The Bertz CT molecular complexity index is 726. The summed E-state index contributed by atoms with van der Waals surface area (Å²) in [6.45, 7) is 0.721. The van der Waals surface area contributed by atoms with Gasteiger partial charge in [0.25, 0.3) is 5.91 Å². The molecule has 1 atom stereocenters. The first-order valence-electron chi connectivity index (χ1n) is 7.37. The van der Waals surface area contributed by atoms with Gasteiger partial charge >= 0.3 is 5.97 Å². The van der Waals surface area contributed by atoms with Crippen molar-refractivity contribution in [3.05, 3.63) is 41.8 Å². The number of likely N-dealkylation sites (tertiary alicyclic amines) is 1. The Balaban J connectivity index is 1.85. The number of carboxylic acid groups (broad SMARTS) is 1. The Kier molecular flexibility index (Phi) is 4.10. The third kappa shape index (κ3) is 3.08. The Hall–Kier alpha value is -2.70. The number of carboxylic acids is 1. The lowest BCUT2D eigenvalue weighted by molar-refractivity contribution is -0.143. The lowest BCUT2D eigenvalue weighted by Gasteiger charge is -2.30. The molecule has 1 saturated heterocycles. The van der Waals surface area contributed by atoms with Gasteiger partial charge in [-0.3, -0.25) is 14.7 Å². The van der Waals surface area contributed by atoms with Crippen LogP contribution in [0, 0.1) is 11.7 Å². The van der Waals surface area contributed by atoms with Crippen LogP contribution in [0.4, 0.5) is 4.39 Å². The number of hydrogen-bond donors (Lipinski definition) is 2. The summed E-state index contributed by atoms with van der Waals surface area (Å²) in [5.41, 5.74) is 1.52. The summed E-state index contributed by atoms with van der Waals surface area (Å²) in [5.74, 6) is -2.03. The maximum Gasteiger partial charge on any atom is 0.308 e. The fourth-order valence-electron chi connectivity index (χ4n) is 2.82. The zero-order chi connectivity index (χ0) is 16.4. The molecule has 0 spiro atoms. The van der Waals surface area contributed by atoms with Gasteiger partial charge in [-0.05, 0) is 37.1 Å². The number of nitrogens with zero attached hydrogens (tertiary/aromatic N) is 2. The molecule has 2 heterocycles. The van der Waals surface area contributed by atoms with Gasteiger partial charge in [0.2, 0.25) is 0 Å². The van der Waals surface area contributed by atoms with Crippen LogP contribution in [0.2, 0.25) is 0 Å². The summed E-state index contributed by atoms with van der Waals surface area (Å²) in [6, 6.07) is 5.75. The van der Waals surface area contributed by atoms with E-state index >= 15 is 0 Å². The third-order valence-corrected chi connectivity index (χ3v) is 4.06. The van der Waals surface area contributed by atoms with Gasteiger partial charge in [0.15, 0.2) is 0 Å². The second-order valence-electron chi connectivity index (χ2n) is 5.59. The molecule has 0 unspecified atom stereocenters. The molecule has 1 aromatic heterocycles. The van der Waals surface area contributed by atoms with Crippen LogP contribution < -0.4 is 0 Å². The monoisotopic (exact) mass is 317 g/mol. The van der Waals surface area contributed by atoms with E-state index in [1.807, 2.05) is 0 Å². The van der Waals surface area contributed by atoms with Gasteiger partial charge in [0.1, 0.15) is 5.82 Å². The van der Waals surface area contributed by atoms with Gasteiger partial charge in [-0.15, -0.1) is 0 Å². The van der Waals surface area contributed by atoms with Crippen molar-refractivity contribution in [3.8, 4) is 11.3 Å². The molecule has 23 heavy (non-hydrogen) atoms. The number of benzene rings is 1. The highest BCUT2D eigenvalue weighted by molar-refractivity contribution is 6.00. The van der Waals surface area contributed by atoms with Crippen molar-refractivity contribution < 1.29 is 19.1 Å². The number of hydrogen-bond acceptors (Lipinski definition) is 3. The molecule has 2 N–H and O–H groups in total. The van der Waals surface area contributed by atoms with Crippen molar-refractivity contribution in [3.63, 3.8) is 0 Å². The maximum absolute atomic E-state index is 13.0. The number of aliphatic carboxylic acids is 1. The van der Waals surface area contributed by atoms with Crippen LogP contribution in [0.25, 0.3) is 11.3 Å².